The van der Waals surface area contributed by atoms with E-state index >= 15 is 0 Å². The van der Waals surface area contributed by atoms with Crippen molar-refractivity contribution in [2.45, 2.75) is 44.8 Å². The van der Waals surface area contributed by atoms with E-state index < -0.39 is 0 Å². The van der Waals surface area contributed by atoms with Gasteiger partial charge in [0, 0.05) is 25.6 Å². The molecule has 3 atom stereocenters. The Hall–Kier alpha value is -1.49. The first-order valence-electron chi connectivity index (χ1n) is 8.00. The lowest BCUT2D eigenvalue weighted by Crippen LogP contribution is -2.40. The monoisotopic (exact) mass is 291 g/mol. The summed E-state index contributed by atoms with van der Waals surface area (Å²) in [5.74, 6) is 2.66. The number of aliphatic imine (C=N–C) groups is 1. The van der Waals surface area contributed by atoms with Crippen LogP contribution < -0.4 is 10.6 Å². The van der Waals surface area contributed by atoms with E-state index in [1.807, 2.05) is 12.1 Å². The first kappa shape index (κ1) is 14.4. The SMILES string of the molecule is CC1CC1NC(=NCC1CCCO1)NCCc1ccco1. The summed E-state index contributed by atoms with van der Waals surface area (Å²) in [7, 11) is 0. The maximum atomic E-state index is 5.63. The minimum absolute atomic E-state index is 0.297. The highest BCUT2D eigenvalue weighted by Crippen LogP contribution is 2.28. The Morgan fingerprint density at radius 2 is 2.38 bits per heavy atom. The van der Waals surface area contributed by atoms with Gasteiger partial charge in [-0.1, -0.05) is 6.92 Å². The lowest BCUT2D eigenvalue weighted by Gasteiger charge is -2.13. The second-order valence-electron chi connectivity index (χ2n) is 6.04. The molecule has 0 bridgehead atoms. The number of ether oxygens (including phenoxy) is 1. The standard InChI is InChI=1S/C16H25N3O2/c1-12-10-15(12)19-16(18-11-14-5-3-9-21-14)17-7-6-13-4-2-8-20-13/h2,4,8,12,14-15H,3,5-7,9-11H2,1H3,(H2,17,18,19). The van der Waals surface area contributed by atoms with E-state index in [1.54, 1.807) is 6.26 Å². The van der Waals surface area contributed by atoms with Crippen LogP contribution in [0.1, 0.15) is 31.9 Å². The molecule has 0 spiro atoms. The first-order chi connectivity index (χ1) is 10.3. The first-order valence-corrected chi connectivity index (χ1v) is 8.00. The normalized spacial score (nSPS) is 28.6. The Morgan fingerprint density at radius 1 is 1.48 bits per heavy atom. The third-order valence-electron chi connectivity index (χ3n) is 4.15. The molecule has 0 radical (unpaired) electrons. The molecule has 2 aliphatic rings. The van der Waals surface area contributed by atoms with Crippen LogP contribution in [-0.4, -0.2) is 37.8 Å². The Kier molecular flexibility index (Phi) is 4.80. The fourth-order valence-electron chi connectivity index (χ4n) is 2.59. The molecule has 3 unspecified atom stereocenters. The summed E-state index contributed by atoms with van der Waals surface area (Å²) in [6.07, 6.45) is 6.40. The Morgan fingerprint density at radius 3 is 3.05 bits per heavy atom. The molecule has 1 aliphatic heterocycles. The zero-order chi connectivity index (χ0) is 14.5. The van der Waals surface area contributed by atoms with Crippen LogP contribution >= 0.6 is 0 Å². The van der Waals surface area contributed by atoms with Crippen LogP contribution in [0.2, 0.25) is 0 Å². The van der Waals surface area contributed by atoms with Crippen LogP contribution in [0.5, 0.6) is 0 Å². The van der Waals surface area contributed by atoms with Gasteiger partial charge in [0.25, 0.3) is 0 Å². The number of nitrogens with zero attached hydrogens (tertiary/aromatic N) is 1. The van der Waals surface area contributed by atoms with Gasteiger partial charge in [-0.05, 0) is 37.3 Å². The lowest BCUT2D eigenvalue weighted by molar-refractivity contribution is 0.117. The van der Waals surface area contributed by atoms with Gasteiger partial charge in [-0.15, -0.1) is 0 Å². The molecule has 3 rings (SSSR count). The highest BCUT2D eigenvalue weighted by molar-refractivity contribution is 5.80. The molecule has 2 N–H and O–H groups in total. The van der Waals surface area contributed by atoms with Crippen molar-refractivity contribution in [3.8, 4) is 0 Å². The summed E-state index contributed by atoms with van der Waals surface area (Å²) in [6.45, 7) is 4.72. The predicted octanol–water partition coefficient (Wildman–Crippen LogP) is 1.94. The van der Waals surface area contributed by atoms with Gasteiger partial charge in [-0.25, -0.2) is 0 Å². The number of guanidine groups is 1. The molecule has 1 aliphatic carbocycles. The van der Waals surface area contributed by atoms with Crippen LogP contribution in [0.25, 0.3) is 0 Å². The highest BCUT2D eigenvalue weighted by atomic mass is 16.5. The van der Waals surface area contributed by atoms with Crippen LogP contribution in [0.4, 0.5) is 0 Å². The van der Waals surface area contributed by atoms with Crippen molar-refractivity contribution in [2.75, 3.05) is 19.7 Å². The largest absolute Gasteiger partial charge is 0.469 e. The minimum atomic E-state index is 0.297. The topological polar surface area (TPSA) is 58.8 Å². The highest BCUT2D eigenvalue weighted by Gasteiger charge is 2.33. The van der Waals surface area contributed by atoms with Crippen molar-refractivity contribution < 1.29 is 9.15 Å². The van der Waals surface area contributed by atoms with Gasteiger partial charge < -0.3 is 19.8 Å². The number of hydrogen-bond acceptors (Lipinski definition) is 3. The molecule has 1 aromatic rings. The number of nitrogens with one attached hydrogen (secondary N) is 2. The van der Waals surface area contributed by atoms with Crippen LogP contribution in [-0.2, 0) is 11.2 Å². The summed E-state index contributed by atoms with van der Waals surface area (Å²) >= 11 is 0. The van der Waals surface area contributed by atoms with E-state index in [4.69, 9.17) is 9.15 Å². The average Bonchev–Trinajstić information content (AvgIpc) is 2.97. The molecule has 21 heavy (non-hydrogen) atoms. The molecule has 1 saturated heterocycles. The van der Waals surface area contributed by atoms with Crippen LogP contribution in [0.15, 0.2) is 27.8 Å². The molecule has 5 nitrogen and oxygen atoms in total. The molecule has 0 amide bonds. The molecule has 1 aromatic heterocycles. The second-order valence-corrected chi connectivity index (χ2v) is 6.04. The van der Waals surface area contributed by atoms with E-state index in [1.165, 1.54) is 6.42 Å². The van der Waals surface area contributed by atoms with Gasteiger partial charge in [0.15, 0.2) is 5.96 Å². The third-order valence-corrected chi connectivity index (χ3v) is 4.15. The molecule has 2 fully saturated rings. The van der Waals surface area contributed by atoms with Crippen LogP contribution in [0.3, 0.4) is 0 Å². The summed E-state index contributed by atoms with van der Waals surface area (Å²) < 4.78 is 11.0. The molecular formula is C16H25N3O2. The van der Waals surface area contributed by atoms with E-state index in [0.29, 0.717) is 12.1 Å². The Labute approximate surface area is 126 Å². The number of hydrogen-bond donors (Lipinski definition) is 2. The van der Waals surface area contributed by atoms with Gasteiger partial charge in [0.05, 0.1) is 18.9 Å². The maximum absolute atomic E-state index is 5.63. The fraction of sp³-hybridized carbons (Fsp3) is 0.688. The molecule has 116 valence electrons. The zero-order valence-corrected chi connectivity index (χ0v) is 12.7. The number of rotatable bonds is 6. The molecule has 1 saturated carbocycles. The van der Waals surface area contributed by atoms with E-state index in [0.717, 1.165) is 56.6 Å². The van der Waals surface area contributed by atoms with E-state index in [9.17, 15) is 0 Å². The van der Waals surface area contributed by atoms with Crippen molar-refractivity contribution in [1.82, 2.24) is 10.6 Å². The molecule has 0 aromatic carbocycles. The molecule has 2 heterocycles. The summed E-state index contributed by atoms with van der Waals surface area (Å²) in [4.78, 5) is 4.68. The zero-order valence-electron chi connectivity index (χ0n) is 12.7. The number of furan rings is 1. The predicted molar refractivity (Wildman–Crippen MR) is 82.4 cm³/mol. The summed E-state index contributed by atoms with van der Waals surface area (Å²) in [5, 5.41) is 6.89. The quantitative estimate of drug-likeness (QED) is 0.621. The summed E-state index contributed by atoms with van der Waals surface area (Å²) in [6, 6.07) is 4.50. The van der Waals surface area contributed by atoms with Gasteiger partial charge >= 0.3 is 0 Å². The molecular weight excluding hydrogens is 266 g/mol. The molecule has 5 heteroatoms. The van der Waals surface area contributed by atoms with E-state index in [-0.39, 0.29) is 0 Å². The van der Waals surface area contributed by atoms with Gasteiger partial charge in [0.1, 0.15) is 5.76 Å². The maximum Gasteiger partial charge on any atom is 0.191 e. The smallest absolute Gasteiger partial charge is 0.191 e. The van der Waals surface area contributed by atoms with Crippen molar-refractivity contribution in [2.24, 2.45) is 10.9 Å². The van der Waals surface area contributed by atoms with Gasteiger partial charge in [0.2, 0.25) is 0 Å². The van der Waals surface area contributed by atoms with Crippen molar-refractivity contribution >= 4 is 5.96 Å². The minimum Gasteiger partial charge on any atom is -0.469 e. The Balaban J connectivity index is 1.46. The second kappa shape index (κ2) is 6.98. The van der Waals surface area contributed by atoms with Crippen molar-refractivity contribution in [1.29, 1.82) is 0 Å². The lowest BCUT2D eigenvalue weighted by atomic mass is 10.2. The fourth-order valence-corrected chi connectivity index (χ4v) is 2.59. The van der Waals surface area contributed by atoms with Gasteiger partial charge in [-0.2, -0.15) is 0 Å². The summed E-state index contributed by atoms with van der Waals surface area (Å²) in [5.41, 5.74) is 0. The van der Waals surface area contributed by atoms with Crippen molar-refractivity contribution in [3.63, 3.8) is 0 Å². The average molecular weight is 291 g/mol. The Bertz CT molecular complexity index is 452. The van der Waals surface area contributed by atoms with Gasteiger partial charge in [-0.3, -0.25) is 4.99 Å². The van der Waals surface area contributed by atoms with Crippen molar-refractivity contribution in [3.05, 3.63) is 24.2 Å². The third kappa shape index (κ3) is 4.49. The van der Waals surface area contributed by atoms with E-state index in [2.05, 4.69) is 22.5 Å². The van der Waals surface area contributed by atoms with Crippen LogP contribution in [0, 0.1) is 5.92 Å².